The Hall–Kier alpha value is -3.03. The van der Waals surface area contributed by atoms with Crippen LogP contribution in [0.1, 0.15) is 23.6 Å². The molecular weight excluding hydrogens is 546 g/mol. The van der Waals surface area contributed by atoms with Crippen LogP contribution >= 0.6 is 46.4 Å². The van der Waals surface area contributed by atoms with Gasteiger partial charge >= 0.3 is 6.03 Å². The largest absolute Gasteiger partial charge is 0.494 e. The molecule has 0 saturated carbocycles. The van der Waals surface area contributed by atoms with Gasteiger partial charge in [0.25, 0.3) is 11.8 Å². The Morgan fingerprint density at radius 1 is 0.889 bits per heavy atom. The van der Waals surface area contributed by atoms with Gasteiger partial charge in [-0.25, -0.2) is 9.69 Å². The lowest BCUT2D eigenvalue weighted by Crippen LogP contribution is -2.54. The first-order valence-corrected chi connectivity index (χ1v) is 12.3. The van der Waals surface area contributed by atoms with E-state index >= 15 is 0 Å². The normalized spacial score (nSPS) is 14.9. The summed E-state index contributed by atoms with van der Waals surface area (Å²) in [4.78, 5) is 39.1. The minimum Gasteiger partial charge on any atom is -0.494 e. The monoisotopic (exact) mass is 562 g/mol. The Kier molecular flexibility index (Phi) is 7.91. The van der Waals surface area contributed by atoms with Crippen molar-refractivity contribution >= 4 is 76.0 Å². The number of hydrogen-bond acceptors (Lipinski definition) is 4. The van der Waals surface area contributed by atoms with E-state index in [4.69, 9.17) is 51.1 Å². The molecule has 1 aliphatic rings. The molecule has 1 fully saturated rings. The molecule has 4 amide bonds. The molecule has 36 heavy (non-hydrogen) atoms. The molecule has 3 aromatic rings. The van der Waals surface area contributed by atoms with Crippen LogP contribution in [-0.2, 0) is 16.0 Å². The van der Waals surface area contributed by atoms with Gasteiger partial charge in [-0.2, -0.15) is 0 Å². The molecule has 0 atom stereocenters. The van der Waals surface area contributed by atoms with Crippen molar-refractivity contribution in [1.29, 1.82) is 0 Å². The lowest BCUT2D eigenvalue weighted by molar-refractivity contribution is -0.122. The zero-order chi connectivity index (χ0) is 26.0. The second-order valence-electron chi connectivity index (χ2n) is 7.74. The summed E-state index contributed by atoms with van der Waals surface area (Å²) in [6, 6.07) is 14.1. The average molecular weight is 564 g/mol. The van der Waals surface area contributed by atoms with Gasteiger partial charge in [0, 0.05) is 22.0 Å². The molecule has 184 valence electrons. The van der Waals surface area contributed by atoms with Gasteiger partial charge in [-0.05, 0) is 60.5 Å². The number of benzene rings is 3. The fourth-order valence-corrected chi connectivity index (χ4v) is 4.47. The predicted molar refractivity (Wildman–Crippen MR) is 142 cm³/mol. The molecule has 0 aliphatic carbocycles. The smallest absolute Gasteiger partial charge is 0.335 e. The number of rotatable bonds is 6. The quantitative estimate of drug-likeness (QED) is 0.260. The predicted octanol–water partition coefficient (Wildman–Crippen LogP) is 6.96. The number of barbiturate groups is 1. The SMILES string of the molecule is CCOc1cc(/C=C2\C(=O)NC(=O)N(c3ccc(Cl)c(Cl)c3)C2=O)cc(Cl)c1Cc1ccccc1Cl. The van der Waals surface area contributed by atoms with E-state index in [1.165, 1.54) is 24.3 Å². The van der Waals surface area contributed by atoms with E-state index in [1.54, 1.807) is 18.2 Å². The first-order valence-electron chi connectivity index (χ1n) is 10.7. The van der Waals surface area contributed by atoms with Gasteiger partial charge in [-0.15, -0.1) is 0 Å². The molecule has 1 saturated heterocycles. The van der Waals surface area contributed by atoms with Crippen molar-refractivity contribution in [1.82, 2.24) is 5.32 Å². The maximum absolute atomic E-state index is 13.2. The van der Waals surface area contributed by atoms with Crippen molar-refractivity contribution in [3.8, 4) is 5.75 Å². The van der Waals surface area contributed by atoms with Gasteiger partial charge in [0.15, 0.2) is 0 Å². The topological polar surface area (TPSA) is 75.7 Å². The number of imide groups is 2. The highest BCUT2D eigenvalue weighted by Gasteiger charge is 2.37. The summed E-state index contributed by atoms with van der Waals surface area (Å²) in [5, 5.41) is 3.55. The van der Waals surface area contributed by atoms with Crippen molar-refractivity contribution in [2.75, 3.05) is 11.5 Å². The highest BCUT2D eigenvalue weighted by Crippen LogP contribution is 2.34. The van der Waals surface area contributed by atoms with Gasteiger partial charge in [-0.3, -0.25) is 14.9 Å². The van der Waals surface area contributed by atoms with E-state index in [1.807, 2.05) is 25.1 Å². The highest BCUT2D eigenvalue weighted by molar-refractivity contribution is 6.43. The second-order valence-corrected chi connectivity index (χ2v) is 9.37. The fourth-order valence-electron chi connectivity index (χ4n) is 3.69. The number of halogens is 4. The molecule has 3 aromatic carbocycles. The van der Waals surface area contributed by atoms with Crippen molar-refractivity contribution in [2.24, 2.45) is 0 Å². The van der Waals surface area contributed by atoms with E-state index < -0.39 is 17.8 Å². The molecule has 0 spiro atoms. The van der Waals surface area contributed by atoms with Gasteiger partial charge in [0.1, 0.15) is 11.3 Å². The lowest BCUT2D eigenvalue weighted by Gasteiger charge is -2.26. The van der Waals surface area contributed by atoms with E-state index in [-0.39, 0.29) is 21.3 Å². The van der Waals surface area contributed by atoms with Crippen LogP contribution in [0, 0.1) is 0 Å². The molecule has 10 heteroatoms. The Morgan fingerprint density at radius 2 is 1.64 bits per heavy atom. The van der Waals surface area contributed by atoms with Crippen molar-refractivity contribution < 1.29 is 19.1 Å². The molecule has 0 aromatic heterocycles. The van der Waals surface area contributed by atoms with E-state index in [9.17, 15) is 14.4 Å². The minimum atomic E-state index is -0.899. The molecule has 1 N–H and O–H groups in total. The highest BCUT2D eigenvalue weighted by atomic mass is 35.5. The Bertz CT molecular complexity index is 1420. The third-order valence-electron chi connectivity index (χ3n) is 5.38. The summed E-state index contributed by atoms with van der Waals surface area (Å²) in [6.45, 7) is 2.20. The molecule has 0 unspecified atom stereocenters. The maximum Gasteiger partial charge on any atom is 0.335 e. The molecule has 1 heterocycles. The Morgan fingerprint density at radius 3 is 2.33 bits per heavy atom. The summed E-state index contributed by atoms with van der Waals surface area (Å²) < 4.78 is 5.81. The molecular formula is C26H18Cl4N2O4. The van der Waals surface area contributed by atoms with E-state index in [0.717, 1.165) is 10.5 Å². The van der Waals surface area contributed by atoms with Crippen LogP contribution in [0.2, 0.25) is 20.1 Å². The average Bonchev–Trinajstić information content (AvgIpc) is 2.82. The van der Waals surface area contributed by atoms with Gasteiger partial charge in [0.2, 0.25) is 0 Å². The lowest BCUT2D eigenvalue weighted by atomic mass is 10.00. The number of nitrogens with zero attached hydrogens (tertiary/aromatic N) is 1. The van der Waals surface area contributed by atoms with Crippen LogP contribution in [0.15, 0.2) is 60.2 Å². The van der Waals surface area contributed by atoms with Crippen LogP contribution in [0.3, 0.4) is 0 Å². The van der Waals surface area contributed by atoms with Crippen LogP contribution in [0.5, 0.6) is 5.75 Å². The van der Waals surface area contributed by atoms with Crippen LogP contribution in [-0.4, -0.2) is 24.5 Å². The van der Waals surface area contributed by atoms with Crippen molar-refractivity contribution in [3.63, 3.8) is 0 Å². The van der Waals surface area contributed by atoms with E-state index in [2.05, 4.69) is 5.32 Å². The maximum atomic E-state index is 13.2. The number of carbonyl (C=O) groups is 3. The van der Waals surface area contributed by atoms with Crippen LogP contribution in [0.25, 0.3) is 6.08 Å². The molecule has 0 radical (unpaired) electrons. The minimum absolute atomic E-state index is 0.152. The van der Waals surface area contributed by atoms with Gasteiger partial charge in [-0.1, -0.05) is 64.6 Å². The number of anilines is 1. The summed E-state index contributed by atoms with van der Waals surface area (Å²) in [5.41, 5.74) is 1.91. The molecule has 1 aliphatic heterocycles. The zero-order valence-corrected chi connectivity index (χ0v) is 21.8. The standard InChI is InChI=1S/C26H18Cl4N2O4/c1-2-36-23-11-14(10-21(29)17(23)12-15-5-3-4-6-19(15)27)9-18-24(33)31-26(35)32(25(18)34)16-7-8-20(28)22(30)13-16/h3-11,13H,2,12H2,1H3,(H,31,33,35)/b18-9+. The third-order valence-corrected chi connectivity index (χ3v) is 6.82. The molecule has 6 nitrogen and oxygen atoms in total. The third kappa shape index (κ3) is 5.37. The number of nitrogens with one attached hydrogen (secondary N) is 1. The number of carbonyl (C=O) groups excluding carboxylic acids is 3. The van der Waals surface area contributed by atoms with Crippen molar-refractivity contribution in [3.05, 3.63) is 97.0 Å². The molecule has 0 bridgehead atoms. The van der Waals surface area contributed by atoms with Crippen LogP contribution < -0.4 is 15.0 Å². The summed E-state index contributed by atoms with van der Waals surface area (Å²) >= 11 is 24.9. The summed E-state index contributed by atoms with van der Waals surface area (Å²) in [5.74, 6) is -1.18. The number of hydrogen-bond donors (Lipinski definition) is 1. The summed E-state index contributed by atoms with van der Waals surface area (Å²) in [6.07, 6.45) is 1.77. The first-order chi connectivity index (χ1) is 17.2. The first kappa shape index (κ1) is 26.0. The zero-order valence-electron chi connectivity index (χ0n) is 18.8. The summed E-state index contributed by atoms with van der Waals surface area (Å²) in [7, 11) is 0. The van der Waals surface area contributed by atoms with Gasteiger partial charge < -0.3 is 4.74 Å². The van der Waals surface area contributed by atoms with E-state index in [0.29, 0.717) is 39.9 Å². The van der Waals surface area contributed by atoms with Gasteiger partial charge in [0.05, 0.1) is 22.3 Å². The van der Waals surface area contributed by atoms with Crippen LogP contribution in [0.4, 0.5) is 10.5 Å². The Balaban J connectivity index is 1.73. The number of urea groups is 1. The fraction of sp³-hybridized carbons (Fsp3) is 0.115. The Labute approximate surface area is 227 Å². The number of ether oxygens (including phenoxy) is 1. The number of amides is 4. The second kappa shape index (κ2) is 10.9. The molecule has 4 rings (SSSR count). The van der Waals surface area contributed by atoms with Crippen molar-refractivity contribution in [2.45, 2.75) is 13.3 Å².